The number of benzene rings is 1. The van der Waals surface area contributed by atoms with Crippen LogP contribution in [0.2, 0.25) is 0 Å². The first-order valence-corrected chi connectivity index (χ1v) is 6.47. The van der Waals surface area contributed by atoms with Gasteiger partial charge in [-0.05, 0) is 24.3 Å². The third kappa shape index (κ3) is 2.85. The fourth-order valence-electron chi connectivity index (χ4n) is 1.86. The van der Waals surface area contributed by atoms with Gasteiger partial charge in [-0.3, -0.25) is 4.79 Å². The lowest BCUT2D eigenvalue weighted by atomic mass is 10.2. The van der Waals surface area contributed by atoms with E-state index in [0.29, 0.717) is 17.2 Å². The molecule has 3 rings (SSSR count). The van der Waals surface area contributed by atoms with Crippen LogP contribution in [0.15, 0.2) is 41.2 Å². The Labute approximate surface area is 124 Å². The van der Waals surface area contributed by atoms with Gasteiger partial charge in [0.2, 0.25) is 11.7 Å². The number of imidazole rings is 1. The van der Waals surface area contributed by atoms with Crippen molar-refractivity contribution < 1.29 is 13.7 Å². The number of nitrogens with zero attached hydrogens (tertiary/aromatic N) is 4. The average Bonchev–Trinajstić information content (AvgIpc) is 3.14. The lowest BCUT2D eigenvalue weighted by Gasteiger charge is -2.01. The Balaban J connectivity index is 1.66. The van der Waals surface area contributed by atoms with Crippen molar-refractivity contribution >= 4 is 5.91 Å². The zero-order valence-electron chi connectivity index (χ0n) is 11.7. The van der Waals surface area contributed by atoms with Crippen LogP contribution in [0.4, 0.5) is 4.39 Å². The molecular weight excluding hydrogens is 289 g/mol. The number of rotatable bonds is 4. The summed E-state index contributed by atoms with van der Waals surface area (Å²) in [4.78, 5) is 20.0. The van der Waals surface area contributed by atoms with Gasteiger partial charge >= 0.3 is 0 Å². The lowest BCUT2D eigenvalue weighted by Crippen LogP contribution is -2.25. The van der Waals surface area contributed by atoms with Gasteiger partial charge in [-0.25, -0.2) is 9.37 Å². The number of aryl methyl sites for hydroxylation is 1. The Morgan fingerprint density at radius 3 is 2.82 bits per heavy atom. The maximum absolute atomic E-state index is 12.9. The van der Waals surface area contributed by atoms with Gasteiger partial charge in [-0.15, -0.1) is 0 Å². The minimum absolute atomic E-state index is 0.0832. The Kier molecular flexibility index (Phi) is 3.65. The van der Waals surface area contributed by atoms with E-state index in [4.69, 9.17) is 4.52 Å². The van der Waals surface area contributed by atoms with Crippen molar-refractivity contribution in [3.05, 3.63) is 54.2 Å². The number of hydrogen-bond donors (Lipinski definition) is 1. The second-order valence-corrected chi connectivity index (χ2v) is 4.56. The predicted octanol–water partition coefficient (Wildman–Crippen LogP) is 1.54. The van der Waals surface area contributed by atoms with Crippen molar-refractivity contribution in [1.29, 1.82) is 0 Å². The quantitative estimate of drug-likeness (QED) is 0.790. The molecule has 2 aromatic heterocycles. The van der Waals surface area contributed by atoms with Gasteiger partial charge in [-0.2, -0.15) is 4.98 Å². The SMILES string of the molecule is Cn1ccnc1C(=O)NCc1nc(-c2ccc(F)cc2)no1. The highest BCUT2D eigenvalue weighted by Gasteiger charge is 2.13. The minimum Gasteiger partial charge on any atom is -0.340 e. The van der Waals surface area contributed by atoms with Gasteiger partial charge in [0, 0.05) is 25.0 Å². The van der Waals surface area contributed by atoms with E-state index in [9.17, 15) is 9.18 Å². The summed E-state index contributed by atoms with van der Waals surface area (Å²) < 4.78 is 19.5. The van der Waals surface area contributed by atoms with Crippen LogP contribution in [0.5, 0.6) is 0 Å². The first-order chi connectivity index (χ1) is 10.6. The van der Waals surface area contributed by atoms with Crippen molar-refractivity contribution in [2.45, 2.75) is 6.54 Å². The number of aromatic nitrogens is 4. The molecule has 0 aliphatic rings. The number of amides is 1. The van der Waals surface area contributed by atoms with E-state index in [1.807, 2.05) is 0 Å². The molecule has 0 fully saturated rings. The molecule has 1 aromatic carbocycles. The molecule has 0 radical (unpaired) electrons. The molecule has 3 aromatic rings. The van der Waals surface area contributed by atoms with E-state index in [2.05, 4.69) is 20.4 Å². The normalized spacial score (nSPS) is 10.6. The molecule has 1 amide bonds. The third-order valence-electron chi connectivity index (χ3n) is 2.99. The van der Waals surface area contributed by atoms with Crippen LogP contribution in [0.3, 0.4) is 0 Å². The molecule has 112 valence electrons. The molecule has 0 saturated heterocycles. The van der Waals surface area contributed by atoms with Gasteiger partial charge in [0.25, 0.3) is 5.91 Å². The molecule has 0 unspecified atom stereocenters. The first kappa shape index (κ1) is 13.9. The molecule has 0 bridgehead atoms. The van der Waals surface area contributed by atoms with E-state index < -0.39 is 0 Å². The van der Waals surface area contributed by atoms with Crippen molar-refractivity contribution in [1.82, 2.24) is 25.0 Å². The van der Waals surface area contributed by atoms with E-state index in [-0.39, 0.29) is 24.2 Å². The molecule has 7 nitrogen and oxygen atoms in total. The average molecular weight is 301 g/mol. The monoisotopic (exact) mass is 301 g/mol. The molecule has 0 aliphatic carbocycles. The lowest BCUT2D eigenvalue weighted by molar-refractivity contribution is 0.0933. The third-order valence-corrected chi connectivity index (χ3v) is 2.99. The second kappa shape index (κ2) is 5.76. The zero-order chi connectivity index (χ0) is 15.5. The zero-order valence-corrected chi connectivity index (χ0v) is 11.7. The summed E-state index contributed by atoms with van der Waals surface area (Å²) in [5.41, 5.74) is 0.631. The molecule has 1 N–H and O–H groups in total. The fraction of sp³-hybridized carbons (Fsp3) is 0.143. The van der Waals surface area contributed by atoms with E-state index in [1.165, 1.54) is 18.3 Å². The minimum atomic E-state index is -0.339. The Hall–Kier alpha value is -3.03. The summed E-state index contributed by atoms with van der Waals surface area (Å²) >= 11 is 0. The molecule has 0 spiro atoms. The maximum atomic E-state index is 12.9. The molecule has 0 aliphatic heterocycles. The summed E-state index contributed by atoms with van der Waals surface area (Å²) in [6.45, 7) is 0.0832. The highest BCUT2D eigenvalue weighted by Crippen LogP contribution is 2.15. The van der Waals surface area contributed by atoms with Gasteiger partial charge in [0.1, 0.15) is 5.82 Å². The predicted molar refractivity (Wildman–Crippen MR) is 74.1 cm³/mol. The number of halogens is 1. The van der Waals surface area contributed by atoms with Crippen LogP contribution in [-0.2, 0) is 13.6 Å². The molecule has 2 heterocycles. The maximum Gasteiger partial charge on any atom is 0.287 e. The van der Waals surface area contributed by atoms with Gasteiger partial charge < -0.3 is 14.4 Å². The summed E-state index contributed by atoms with van der Waals surface area (Å²) in [6.07, 6.45) is 3.21. The Morgan fingerprint density at radius 1 is 1.36 bits per heavy atom. The van der Waals surface area contributed by atoms with Crippen molar-refractivity contribution in [2.24, 2.45) is 7.05 Å². The molecule has 22 heavy (non-hydrogen) atoms. The highest BCUT2D eigenvalue weighted by atomic mass is 19.1. The van der Waals surface area contributed by atoms with Gasteiger partial charge in [0.15, 0.2) is 5.82 Å². The molecule has 0 saturated carbocycles. The molecule has 0 atom stereocenters. The summed E-state index contributed by atoms with van der Waals surface area (Å²) in [6, 6.07) is 5.73. The Morgan fingerprint density at radius 2 is 2.14 bits per heavy atom. The Bertz CT molecular complexity index is 794. The standard InChI is InChI=1S/C14H12FN5O2/c1-20-7-6-16-13(20)14(21)17-8-11-18-12(19-22-11)9-2-4-10(15)5-3-9/h2-7H,8H2,1H3,(H,17,21). The number of hydrogen-bond acceptors (Lipinski definition) is 5. The number of carbonyl (C=O) groups excluding carboxylic acids is 1. The van der Waals surface area contributed by atoms with Crippen LogP contribution in [0, 0.1) is 5.82 Å². The largest absolute Gasteiger partial charge is 0.340 e. The topological polar surface area (TPSA) is 85.8 Å². The van der Waals surface area contributed by atoms with E-state index >= 15 is 0 Å². The molecular formula is C14H12FN5O2. The van der Waals surface area contributed by atoms with E-state index in [1.54, 1.807) is 29.9 Å². The first-order valence-electron chi connectivity index (χ1n) is 6.47. The number of carbonyl (C=O) groups is 1. The van der Waals surface area contributed by atoms with Crippen LogP contribution in [0.1, 0.15) is 16.5 Å². The van der Waals surface area contributed by atoms with Crippen molar-refractivity contribution in [3.8, 4) is 11.4 Å². The van der Waals surface area contributed by atoms with Crippen LogP contribution in [0.25, 0.3) is 11.4 Å². The van der Waals surface area contributed by atoms with Gasteiger partial charge in [0.05, 0.1) is 6.54 Å². The van der Waals surface area contributed by atoms with Crippen LogP contribution >= 0.6 is 0 Å². The van der Waals surface area contributed by atoms with Gasteiger partial charge in [-0.1, -0.05) is 5.16 Å². The fourth-order valence-corrected chi connectivity index (χ4v) is 1.86. The summed E-state index contributed by atoms with van der Waals surface area (Å²) in [7, 11) is 1.72. The van der Waals surface area contributed by atoms with Crippen molar-refractivity contribution in [3.63, 3.8) is 0 Å². The van der Waals surface area contributed by atoms with Crippen LogP contribution < -0.4 is 5.32 Å². The molecule has 8 heteroatoms. The summed E-state index contributed by atoms with van der Waals surface area (Å²) in [5, 5.41) is 6.43. The van der Waals surface area contributed by atoms with Crippen molar-refractivity contribution in [2.75, 3.05) is 0 Å². The number of nitrogens with one attached hydrogen (secondary N) is 1. The second-order valence-electron chi connectivity index (χ2n) is 4.56. The van der Waals surface area contributed by atoms with E-state index in [0.717, 1.165) is 0 Å². The smallest absolute Gasteiger partial charge is 0.287 e. The highest BCUT2D eigenvalue weighted by molar-refractivity contribution is 5.90. The van der Waals surface area contributed by atoms with Crippen LogP contribution in [-0.4, -0.2) is 25.6 Å². The summed E-state index contributed by atoms with van der Waals surface area (Å²) in [5.74, 6) is 0.199.